The normalized spacial score (nSPS) is 12.4. The Kier molecular flexibility index (Phi) is 21.0. The third-order valence-electron chi connectivity index (χ3n) is 17.7. The van der Waals surface area contributed by atoms with Crippen LogP contribution in [0.25, 0.3) is 68.6 Å². The highest BCUT2D eigenvalue weighted by Gasteiger charge is 2.31. The summed E-state index contributed by atoms with van der Waals surface area (Å²) in [4.78, 5) is 21.9. The van der Waals surface area contributed by atoms with Gasteiger partial charge in [0.25, 0.3) is 0 Å². The molecular weight excluding hydrogens is 1100 g/mol. The molecule has 0 radical (unpaired) electrons. The van der Waals surface area contributed by atoms with Crippen LogP contribution in [-0.4, -0.2) is 47.2 Å². The molecule has 0 saturated carbocycles. The fourth-order valence-corrected chi connectivity index (χ4v) is 12.5. The number of rotatable bonds is 19. The lowest BCUT2D eigenvalue weighted by molar-refractivity contribution is 0.381. The molecule has 2 aliphatic heterocycles. The first kappa shape index (κ1) is 66.4. The Morgan fingerprint density at radius 1 is 0.400 bits per heavy atom. The fourth-order valence-electron chi connectivity index (χ4n) is 12.5. The van der Waals surface area contributed by atoms with E-state index in [0.717, 1.165) is 136 Å². The minimum Gasteiger partial charge on any atom is -0.496 e. The molecular formula is C83H101N5O2. The molecule has 90 heavy (non-hydrogen) atoms. The van der Waals surface area contributed by atoms with Crippen LogP contribution in [0.15, 0.2) is 97.1 Å². The lowest BCUT2D eigenvalue weighted by Gasteiger charge is -2.30. The minimum atomic E-state index is -0.246. The second kappa shape index (κ2) is 28.4. The maximum atomic E-state index is 6.35. The number of nitrogens with one attached hydrogen (secondary N) is 2. The van der Waals surface area contributed by atoms with Gasteiger partial charge in [0.05, 0.1) is 59.2 Å². The number of unbranched alkanes of at least 4 members (excludes halogenated alkanes) is 10. The smallest absolute Gasteiger partial charge is 0.126 e. The molecule has 2 aliphatic rings. The van der Waals surface area contributed by atoms with Crippen molar-refractivity contribution in [3.8, 4) is 57.4 Å². The van der Waals surface area contributed by atoms with Crippen molar-refractivity contribution in [3.63, 3.8) is 0 Å². The highest BCUT2D eigenvalue weighted by atomic mass is 16.5. The highest BCUT2D eigenvalue weighted by molar-refractivity contribution is 5.96. The molecule has 9 rings (SSSR count). The van der Waals surface area contributed by atoms with Gasteiger partial charge in [-0.1, -0.05) is 203 Å². The van der Waals surface area contributed by atoms with Crippen molar-refractivity contribution in [1.29, 1.82) is 0 Å². The van der Waals surface area contributed by atoms with Gasteiger partial charge in [0, 0.05) is 74.3 Å². The van der Waals surface area contributed by atoms with E-state index in [0.29, 0.717) is 0 Å². The molecule has 2 N–H and O–H groups in total. The first-order valence-corrected chi connectivity index (χ1v) is 33.5. The molecule has 0 fully saturated rings. The quantitative estimate of drug-likeness (QED) is 0.0623. The van der Waals surface area contributed by atoms with Crippen LogP contribution in [0.3, 0.4) is 0 Å². The molecule has 7 aromatic rings. The zero-order valence-corrected chi connectivity index (χ0v) is 57.6. The topological polar surface area (TPSA) is 79.1 Å². The number of H-pyrrole nitrogens is 2. The predicted octanol–water partition coefficient (Wildman–Crippen LogP) is 21.8. The lowest BCUT2D eigenvalue weighted by Crippen LogP contribution is -2.25. The average molecular weight is 1200 g/mol. The van der Waals surface area contributed by atoms with Gasteiger partial charge in [0.15, 0.2) is 0 Å². The number of anilines is 1. The third-order valence-corrected chi connectivity index (χ3v) is 17.7. The summed E-state index contributed by atoms with van der Waals surface area (Å²) in [6, 6.07) is 35.3. The molecule has 0 saturated heterocycles. The third kappa shape index (κ3) is 15.8. The fraction of sp³-hybridized carbons (Fsp3) is 0.422. The molecule has 5 heterocycles. The number of hydrogen-bond acceptors (Lipinski definition) is 5. The van der Waals surface area contributed by atoms with Gasteiger partial charge in [-0.15, -0.1) is 0 Å². The Labute approximate surface area is 540 Å². The standard InChI is InChI=1S/C83H101N5O2/c1-18-20-22-24-26-28-50-88(51-29-27-25-23-21-19-2)61-38-34-58(35-39-61)37-41-63-70-44-48-74(86-70)76(59-52-64(80(4,5)6)78(89-16)65(53-59)81(7,8)9)72-46-42-68(84-72)62(40-36-57-32-30-56(3)31-33-57)69-43-47-73(85-69)77(75-49-45-71(63)87-75)60-54-66(82(10,11)12)79(90-17)67(55-60)83(13,14)15/h30-35,38-39,42-49,52-55,84,87H,18-29,50-51H2,1-17H3. The molecule has 0 atom stereocenters. The zero-order valence-electron chi connectivity index (χ0n) is 57.6. The van der Waals surface area contributed by atoms with Crippen LogP contribution >= 0.6 is 0 Å². The Morgan fingerprint density at radius 3 is 1.09 bits per heavy atom. The first-order valence-electron chi connectivity index (χ1n) is 33.5. The Bertz CT molecular complexity index is 3890. The van der Waals surface area contributed by atoms with Crippen LogP contribution < -0.4 is 14.4 Å². The van der Waals surface area contributed by atoms with E-state index in [1.807, 2.05) is 0 Å². The molecule has 7 heteroatoms. The molecule has 3 aromatic heterocycles. The summed E-state index contributed by atoms with van der Waals surface area (Å²) in [5.41, 5.74) is 20.1. The summed E-state index contributed by atoms with van der Waals surface area (Å²) < 4.78 is 12.7. The zero-order chi connectivity index (χ0) is 64.5. The van der Waals surface area contributed by atoms with E-state index >= 15 is 0 Å². The van der Waals surface area contributed by atoms with Gasteiger partial charge in [-0.25, -0.2) is 9.97 Å². The molecule has 0 aliphatic carbocycles. The van der Waals surface area contributed by atoms with Crippen LogP contribution in [0, 0.1) is 30.6 Å². The second-order valence-electron chi connectivity index (χ2n) is 29.1. The van der Waals surface area contributed by atoms with Gasteiger partial charge in [-0.3, -0.25) is 0 Å². The van der Waals surface area contributed by atoms with Crippen molar-refractivity contribution in [3.05, 3.63) is 170 Å². The van der Waals surface area contributed by atoms with Gasteiger partial charge < -0.3 is 24.3 Å². The maximum absolute atomic E-state index is 6.35. The molecule has 0 spiro atoms. The first-order chi connectivity index (χ1) is 42.9. The second-order valence-corrected chi connectivity index (χ2v) is 29.1. The lowest BCUT2D eigenvalue weighted by atomic mass is 9.77. The summed E-state index contributed by atoms with van der Waals surface area (Å²) in [6.07, 6.45) is 24.0. The van der Waals surface area contributed by atoms with E-state index in [4.69, 9.17) is 19.4 Å². The predicted molar refractivity (Wildman–Crippen MR) is 386 cm³/mol. The molecule has 8 bridgehead atoms. The van der Waals surface area contributed by atoms with Gasteiger partial charge in [0.1, 0.15) is 11.5 Å². The number of aryl methyl sites for hydroxylation is 1. The average Bonchev–Trinajstić information content (AvgIpc) is 1.28. The summed E-state index contributed by atoms with van der Waals surface area (Å²) in [7, 11) is 3.59. The van der Waals surface area contributed by atoms with E-state index in [2.05, 4.69) is 264 Å². The Balaban J connectivity index is 1.34. The van der Waals surface area contributed by atoms with E-state index < -0.39 is 0 Å². The largest absolute Gasteiger partial charge is 0.496 e. The van der Waals surface area contributed by atoms with Crippen molar-refractivity contribution in [1.82, 2.24) is 19.9 Å². The molecule has 470 valence electrons. The van der Waals surface area contributed by atoms with Crippen molar-refractivity contribution >= 4 is 52.1 Å². The van der Waals surface area contributed by atoms with E-state index in [-0.39, 0.29) is 21.7 Å². The van der Waals surface area contributed by atoms with Crippen LogP contribution in [-0.2, 0) is 21.7 Å². The van der Waals surface area contributed by atoms with Crippen LogP contribution in [0.4, 0.5) is 5.69 Å². The number of hydrogen-bond donors (Lipinski definition) is 2. The summed E-state index contributed by atoms with van der Waals surface area (Å²) in [5.74, 6) is 16.5. The Hall–Kier alpha value is -8.00. The van der Waals surface area contributed by atoms with Crippen LogP contribution in [0.5, 0.6) is 11.5 Å². The van der Waals surface area contributed by atoms with Crippen LogP contribution in [0.2, 0.25) is 0 Å². The van der Waals surface area contributed by atoms with Crippen LogP contribution in [0.1, 0.15) is 247 Å². The van der Waals surface area contributed by atoms with Crippen molar-refractivity contribution in [2.75, 3.05) is 32.2 Å². The van der Waals surface area contributed by atoms with Gasteiger partial charge in [-0.05, 0) is 162 Å². The number of aromatic amines is 2. The van der Waals surface area contributed by atoms with Gasteiger partial charge in [-0.2, -0.15) is 0 Å². The van der Waals surface area contributed by atoms with E-state index in [9.17, 15) is 0 Å². The molecule has 0 amide bonds. The maximum Gasteiger partial charge on any atom is 0.126 e. The SMILES string of the molecule is CCCCCCCCN(CCCCCCCC)c1ccc(C#Cc2c3nc(c(-c4cc(C(C)(C)C)c(OC)c(C(C)(C)C)c4)c4ccc([nH]4)c(C#Cc4ccc(C)cc4)c4nc(c(-c5cc(C(C)(C)C)c(OC)c(C(C)(C)C)c5)c5ccc2[nH]5)C=C4)C=C3)cc1. The minimum absolute atomic E-state index is 0.246. The molecule has 4 aromatic carbocycles. The summed E-state index contributed by atoms with van der Waals surface area (Å²) >= 11 is 0. The number of aromatic nitrogens is 4. The molecule has 7 nitrogen and oxygen atoms in total. The summed E-state index contributed by atoms with van der Waals surface area (Å²) in [6.45, 7) is 36.0. The van der Waals surface area contributed by atoms with Gasteiger partial charge >= 0.3 is 0 Å². The molecule has 0 unspecified atom stereocenters. The number of benzene rings is 4. The monoisotopic (exact) mass is 1200 g/mol. The van der Waals surface area contributed by atoms with E-state index in [1.54, 1.807) is 14.2 Å². The van der Waals surface area contributed by atoms with E-state index in [1.165, 1.54) is 88.3 Å². The number of ether oxygens (including phenoxy) is 2. The van der Waals surface area contributed by atoms with Crippen molar-refractivity contribution < 1.29 is 9.47 Å². The number of nitrogens with zero attached hydrogens (tertiary/aromatic N) is 3. The van der Waals surface area contributed by atoms with Gasteiger partial charge in [0.2, 0.25) is 0 Å². The van der Waals surface area contributed by atoms with Crippen molar-refractivity contribution in [2.24, 2.45) is 0 Å². The Morgan fingerprint density at radius 2 is 0.733 bits per heavy atom. The number of fused-ring (bicyclic) bond motifs is 8. The summed E-state index contributed by atoms with van der Waals surface area (Å²) in [5, 5.41) is 0. The van der Waals surface area contributed by atoms with Crippen molar-refractivity contribution in [2.45, 2.75) is 203 Å². The highest BCUT2D eigenvalue weighted by Crippen LogP contribution is 2.47. The number of methoxy groups -OCH3 is 2.